The molecule has 0 atom stereocenters. The molecular weight excluding hydrogens is 276 g/mol. The van der Waals surface area contributed by atoms with E-state index in [2.05, 4.69) is 27.1 Å². The highest BCUT2D eigenvalue weighted by Gasteiger charge is 2.17. The van der Waals surface area contributed by atoms with Crippen LogP contribution in [0.4, 0.5) is 17.3 Å². The van der Waals surface area contributed by atoms with Crippen molar-refractivity contribution in [3.8, 4) is 5.75 Å². The van der Waals surface area contributed by atoms with Gasteiger partial charge in [-0.25, -0.2) is 9.97 Å². The molecule has 0 saturated carbocycles. The number of ether oxygens (including phenoxy) is 1. The molecule has 1 saturated heterocycles. The largest absolute Gasteiger partial charge is 0.497 e. The fourth-order valence-electron chi connectivity index (χ4n) is 2.65. The number of hydrogen-bond donors (Lipinski definition) is 1. The highest BCUT2D eigenvalue weighted by molar-refractivity contribution is 5.60. The van der Waals surface area contributed by atoms with Crippen LogP contribution in [0.1, 0.15) is 19.8 Å². The Labute approximate surface area is 131 Å². The van der Waals surface area contributed by atoms with Crippen LogP contribution in [0.25, 0.3) is 0 Å². The molecule has 5 heteroatoms. The summed E-state index contributed by atoms with van der Waals surface area (Å²) in [6, 6.07) is 9.82. The maximum atomic E-state index is 5.17. The van der Waals surface area contributed by atoms with Crippen LogP contribution in [0.2, 0.25) is 0 Å². The van der Waals surface area contributed by atoms with Crippen molar-refractivity contribution < 1.29 is 4.74 Å². The predicted molar refractivity (Wildman–Crippen MR) is 88.9 cm³/mol. The molecule has 1 aliphatic rings. The van der Waals surface area contributed by atoms with Crippen LogP contribution in [0, 0.1) is 5.92 Å². The van der Waals surface area contributed by atoms with Crippen molar-refractivity contribution >= 4 is 17.3 Å². The van der Waals surface area contributed by atoms with Gasteiger partial charge < -0.3 is 15.0 Å². The number of methoxy groups -OCH3 is 1. The van der Waals surface area contributed by atoms with Crippen LogP contribution in [-0.2, 0) is 0 Å². The van der Waals surface area contributed by atoms with Gasteiger partial charge in [-0.1, -0.05) is 6.92 Å². The Morgan fingerprint density at radius 1 is 1.14 bits per heavy atom. The minimum Gasteiger partial charge on any atom is -0.497 e. The fraction of sp³-hybridized carbons (Fsp3) is 0.412. The topological polar surface area (TPSA) is 50.3 Å². The summed E-state index contributed by atoms with van der Waals surface area (Å²) in [6.07, 6.45) is 4.08. The first kappa shape index (κ1) is 14.6. The van der Waals surface area contributed by atoms with E-state index >= 15 is 0 Å². The van der Waals surface area contributed by atoms with Gasteiger partial charge in [0.1, 0.15) is 23.7 Å². The summed E-state index contributed by atoms with van der Waals surface area (Å²) in [6.45, 7) is 4.45. The molecule has 5 nitrogen and oxygen atoms in total. The average molecular weight is 298 g/mol. The molecule has 0 amide bonds. The SMILES string of the molecule is COc1ccc(Nc2cc(N3CCC(C)CC3)ncn2)cc1. The first-order valence-electron chi connectivity index (χ1n) is 7.72. The number of rotatable bonds is 4. The first-order chi connectivity index (χ1) is 10.7. The van der Waals surface area contributed by atoms with E-state index in [0.29, 0.717) is 0 Å². The third-order valence-corrected chi connectivity index (χ3v) is 4.12. The number of anilines is 3. The quantitative estimate of drug-likeness (QED) is 0.936. The van der Waals surface area contributed by atoms with Gasteiger partial charge in [-0.05, 0) is 43.0 Å². The summed E-state index contributed by atoms with van der Waals surface area (Å²) in [5.74, 6) is 3.47. The molecule has 22 heavy (non-hydrogen) atoms. The van der Waals surface area contributed by atoms with Gasteiger partial charge in [0.05, 0.1) is 7.11 Å². The highest BCUT2D eigenvalue weighted by Crippen LogP contribution is 2.24. The van der Waals surface area contributed by atoms with E-state index in [1.165, 1.54) is 12.8 Å². The molecular formula is C17H22N4O. The van der Waals surface area contributed by atoms with Crippen molar-refractivity contribution in [1.82, 2.24) is 9.97 Å². The van der Waals surface area contributed by atoms with Gasteiger partial charge >= 0.3 is 0 Å². The van der Waals surface area contributed by atoms with Gasteiger partial charge in [0.15, 0.2) is 0 Å². The Morgan fingerprint density at radius 2 is 1.86 bits per heavy atom. The molecule has 0 spiro atoms. The van der Waals surface area contributed by atoms with Crippen LogP contribution in [0.15, 0.2) is 36.7 Å². The van der Waals surface area contributed by atoms with Crippen molar-refractivity contribution in [2.75, 3.05) is 30.4 Å². The van der Waals surface area contributed by atoms with Gasteiger partial charge in [-0.15, -0.1) is 0 Å². The number of benzene rings is 1. The van der Waals surface area contributed by atoms with E-state index in [1.54, 1.807) is 13.4 Å². The van der Waals surface area contributed by atoms with Crippen LogP contribution in [0.5, 0.6) is 5.75 Å². The van der Waals surface area contributed by atoms with E-state index in [-0.39, 0.29) is 0 Å². The second kappa shape index (κ2) is 6.64. The van der Waals surface area contributed by atoms with E-state index in [1.807, 2.05) is 30.3 Å². The van der Waals surface area contributed by atoms with Crippen LogP contribution >= 0.6 is 0 Å². The second-order valence-corrected chi connectivity index (χ2v) is 5.78. The van der Waals surface area contributed by atoms with Crippen molar-refractivity contribution in [3.05, 3.63) is 36.7 Å². The lowest BCUT2D eigenvalue weighted by atomic mass is 9.99. The zero-order valence-electron chi connectivity index (χ0n) is 13.1. The van der Waals surface area contributed by atoms with Gasteiger partial charge in [0.25, 0.3) is 0 Å². The summed E-state index contributed by atoms with van der Waals surface area (Å²) >= 11 is 0. The number of aromatic nitrogens is 2. The van der Waals surface area contributed by atoms with Crippen molar-refractivity contribution in [1.29, 1.82) is 0 Å². The minimum atomic E-state index is 0.814. The van der Waals surface area contributed by atoms with Gasteiger partial charge in [-0.2, -0.15) is 0 Å². The third kappa shape index (κ3) is 3.47. The van der Waals surface area contributed by atoms with Crippen LogP contribution in [-0.4, -0.2) is 30.2 Å². The number of piperidine rings is 1. The Hall–Kier alpha value is -2.30. The molecule has 1 aliphatic heterocycles. The maximum absolute atomic E-state index is 5.17. The molecule has 0 unspecified atom stereocenters. The van der Waals surface area contributed by atoms with Gasteiger partial charge in [0.2, 0.25) is 0 Å². The molecule has 1 aromatic heterocycles. The molecule has 1 aromatic carbocycles. The molecule has 0 aliphatic carbocycles. The lowest BCUT2D eigenvalue weighted by Gasteiger charge is -2.31. The standard InChI is InChI=1S/C17H22N4O/c1-13-7-9-21(10-8-13)17-11-16(18-12-19-17)20-14-3-5-15(22-2)6-4-14/h3-6,11-13H,7-10H2,1-2H3,(H,18,19,20). The third-order valence-electron chi connectivity index (χ3n) is 4.12. The lowest BCUT2D eigenvalue weighted by molar-refractivity contribution is 0.415. The van der Waals surface area contributed by atoms with Gasteiger partial charge in [0, 0.05) is 24.8 Å². The molecule has 1 fully saturated rings. The average Bonchev–Trinajstić information content (AvgIpc) is 2.56. The van der Waals surface area contributed by atoms with E-state index < -0.39 is 0 Å². The van der Waals surface area contributed by atoms with Crippen molar-refractivity contribution in [3.63, 3.8) is 0 Å². The Bertz CT molecular complexity index is 606. The van der Waals surface area contributed by atoms with Gasteiger partial charge in [-0.3, -0.25) is 0 Å². The number of nitrogens with one attached hydrogen (secondary N) is 1. The number of hydrogen-bond acceptors (Lipinski definition) is 5. The normalized spacial score (nSPS) is 15.6. The summed E-state index contributed by atoms with van der Waals surface area (Å²) < 4.78 is 5.17. The van der Waals surface area contributed by atoms with Crippen LogP contribution in [0.3, 0.4) is 0 Å². The summed E-state index contributed by atoms with van der Waals surface area (Å²) in [5.41, 5.74) is 0.984. The molecule has 3 rings (SSSR count). The summed E-state index contributed by atoms with van der Waals surface area (Å²) in [4.78, 5) is 11.1. The molecule has 0 bridgehead atoms. The maximum Gasteiger partial charge on any atom is 0.135 e. The minimum absolute atomic E-state index is 0.814. The summed E-state index contributed by atoms with van der Waals surface area (Å²) in [5, 5.41) is 3.31. The highest BCUT2D eigenvalue weighted by atomic mass is 16.5. The molecule has 116 valence electrons. The van der Waals surface area contributed by atoms with Crippen LogP contribution < -0.4 is 15.0 Å². The molecule has 1 N–H and O–H groups in total. The fourth-order valence-corrected chi connectivity index (χ4v) is 2.65. The van der Waals surface area contributed by atoms with Crippen molar-refractivity contribution in [2.24, 2.45) is 5.92 Å². The van der Waals surface area contributed by atoms with E-state index in [9.17, 15) is 0 Å². The molecule has 2 aromatic rings. The Kier molecular flexibility index (Phi) is 4.42. The number of nitrogens with zero attached hydrogens (tertiary/aromatic N) is 3. The Balaban J connectivity index is 1.70. The molecule has 0 radical (unpaired) electrons. The van der Waals surface area contributed by atoms with E-state index in [4.69, 9.17) is 4.74 Å². The monoisotopic (exact) mass is 298 g/mol. The predicted octanol–water partition coefficient (Wildman–Crippen LogP) is 3.47. The van der Waals surface area contributed by atoms with E-state index in [0.717, 1.165) is 42.1 Å². The zero-order valence-corrected chi connectivity index (χ0v) is 13.1. The zero-order chi connectivity index (χ0) is 15.4. The second-order valence-electron chi connectivity index (χ2n) is 5.78. The summed E-state index contributed by atoms with van der Waals surface area (Å²) in [7, 11) is 1.67. The smallest absolute Gasteiger partial charge is 0.135 e. The molecule has 2 heterocycles. The first-order valence-corrected chi connectivity index (χ1v) is 7.72. The Morgan fingerprint density at radius 3 is 2.55 bits per heavy atom. The van der Waals surface area contributed by atoms with Crippen molar-refractivity contribution in [2.45, 2.75) is 19.8 Å². The lowest BCUT2D eigenvalue weighted by Crippen LogP contribution is -2.33.